The molecule has 0 aromatic heterocycles. The summed E-state index contributed by atoms with van der Waals surface area (Å²) in [5.74, 6) is -1.41. The third-order valence-corrected chi connectivity index (χ3v) is 3.12. The molecule has 2 aromatic rings. The van der Waals surface area contributed by atoms with Gasteiger partial charge in [0.2, 0.25) is 0 Å². The van der Waals surface area contributed by atoms with E-state index in [0.29, 0.717) is 5.56 Å². The number of non-ortho nitro benzene ring substituents is 1. The topological polar surface area (TPSA) is 52.4 Å². The fraction of sp³-hybridized carbons (Fsp3) is 0.0769. The fourth-order valence-corrected chi connectivity index (χ4v) is 2.00. The van der Waals surface area contributed by atoms with Crippen molar-refractivity contribution in [3.05, 3.63) is 63.7 Å². The molecule has 0 spiro atoms. The number of hydrogen-bond donors (Lipinski definition) is 0. The predicted octanol–water partition coefficient (Wildman–Crippen LogP) is 4.56. The molecule has 0 aliphatic carbocycles. The second-order valence-electron chi connectivity index (χ2n) is 3.86. The average Bonchev–Trinajstić information content (AvgIpc) is 2.43. The van der Waals surface area contributed by atoms with Crippen molar-refractivity contribution in [1.82, 2.24) is 0 Å². The lowest BCUT2D eigenvalue weighted by atomic mass is 10.2. The number of hydrogen-bond acceptors (Lipinski definition) is 3. The van der Waals surface area contributed by atoms with E-state index in [1.165, 1.54) is 18.2 Å². The van der Waals surface area contributed by atoms with Gasteiger partial charge in [0.25, 0.3) is 5.69 Å². The Labute approximate surface area is 121 Å². The van der Waals surface area contributed by atoms with Crippen molar-refractivity contribution in [1.29, 1.82) is 0 Å². The van der Waals surface area contributed by atoms with Gasteiger partial charge in [0.05, 0.1) is 4.92 Å². The van der Waals surface area contributed by atoms with E-state index in [0.717, 1.165) is 18.2 Å². The molecule has 20 heavy (non-hydrogen) atoms. The van der Waals surface area contributed by atoms with Gasteiger partial charge in [-0.05, 0) is 18.2 Å². The van der Waals surface area contributed by atoms with Gasteiger partial charge < -0.3 is 4.74 Å². The molecule has 0 aliphatic heterocycles. The Morgan fingerprint density at radius 3 is 2.55 bits per heavy atom. The third-order valence-electron chi connectivity index (χ3n) is 2.51. The first-order chi connectivity index (χ1) is 9.51. The molecular formula is C13H8BrF2NO3. The zero-order valence-corrected chi connectivity index (χ0v) is 11.6. The van der Waals surface area contributed by atoms with Crippen LogP contribution >= 0.6 is 15.9 Å². The number of benzene rings is 2. The van der Waals surface area contributed by atoms with E-state index in [1.807, 2.05) is 0 Å². The van der Waals surface area contributed by atoms with Crippen LogP contribution in [0.25, 0.3) is 0 Å². The maximum absolute atomic E-state index is 13.5. The summed E-state index contributed by atoms with van der Waals surface area (Å²) in [6.45, 7) is 0. The SMILES string of the molecule is O=[N+]([O-])c1ccc(Oc2cc(F)ccc2F)c(CBr)c1. The molecule has 7 heteroatoms. The zero-order chi connectivity index (χ0) is 14.7. The lowest BCUT2D eigenvalue weighted by molar-refractivity contribution is -0.384. The number of rotatable bonds is 4. The van der Waals surface area contributed by atoms with Crippen LogP contribution in [0.2, 0.25) is 0 Å². The first-order valence-electron chi connectivity index (χ1n) is 5.47. The lowest BCUT2D eigenvalue weighted by Crippen LogP contribution is -1.95. The molecule has 0 saturated carbocycles. The molecule has 0 N–H and O–H groups in total. The summed E-state index contributed by atoms with van der Waals surface area (Å²) < 4.78 is 31.8. The van der Waals surface area contributed by atoms with E-state index in [9.17, 15) is 18.9 Å². The molecule has 4 nitrogen and oxygen atoms in total. The van der Waals surface area contributed by atoms with Gasteiger partial charge >= 0.3 is 0 Å². The molecule has 0 aliphatic rings. The lowest BCUT2D eigenvalue weighted by Gasteiger charge is -2.10. The highest BCUT2D eigenvalue weighted by atomic mass is 79.9. The predicted molar refractivity (Wildman–Crippen MR) is 72.2 cm³/mol. The van der Waals surface area contributed by atoms with E-state index in [4.69, 9.17) is 4.74 Å². The Bertz CT molecular complexity index is 664. The van der Waals surface area contributed by atoms with Crippen LogP contribution in [0.1, 0.15) is 5.56 Å². The maximum Gasteiger partial charge on any atom is 0.270 e. The number of ether oxygens (including phenoxy) is 1. The van der Waals surface area contributed by atoms with Crippen LogP contribution in [0, 0.1) is 21.7 Å². The monoisotopic (exact) mass is 343 g/mol. The van der Waals surface area contributed by atoms with E-state index >= 15 is 0 Å². The van der Waals surface area contributed by atoms with E-state index < -0.39 is 16.6 Å². The highest BCUT2D eigenvalue weighted by Gasteiger charge is 2.13. The number of nitro groups is 1. The van der Waals surface area contributed by atoms with E-state index in [2.05, 4.69) is 15.9 Å². The summed E-state index contributed by atoms with van der Waals surface area (Å²) in [7, 11) is 0. The highest BCUT2D eigenvalue weighted by molar-refractivity contribution is 9.08. The van der Waals surface area contributed by atoms with Crippen molar-refractivity contribution in [2.45, 2.75) is 5.33 Å². The van der Waals surface area contributed by atoms with Gasteiger partial charge in [-0.2, -0.15) is 0 Å². The first-order valence-corrected chi connectivity index (χ1v) is 6.59. The molecule has 0 radical (unpaired) electrons. The van der Waals surface area contributed by atoms with Gasteiger partial charge in [-0.3, -0.25) is 10.1 Å². The largest absolute Gasteiger partial charge is 0.454 e. The number of nitrogens with zero attached hydrogens (tertiary/aromatic N) is 1. The van der Waals surface area contributed by atoms with Gasteiger partial charge in [0.15, 0.2) is 11.6 Å². The van der Waals surface area contributed by atoms with Crippen LogP contribution in [0.3, 0.4) is 0 Å². The normalized spacial score (nSPS) is 10.3. The van der Waals surface area contributed by atoms with Crippen LogP contribution in [-0.4, -0.2) is 4.92 Å². The Kier molecular flexibility index (Phi) is 4.29. The minimum Gasteiger partial charge on any atom is -0.454 e. The smallest absolute Gasteiger partial charge is 0.270 e. The summed E-state index contributed by atoms with van der Waals surface area (Å²) in [6.07, 6.45) is 0. The summed E-state index contributed by atoms with van der Waals surface area (Å²) in [4.78, 5) is 10.1. The Balaban J connectivity index is 2.38. The van der Waals surface area contributed by atoms with Crippen molar-refractivity contribution >= 4 is 21.6 Å². The minimum absolute atomic E-state index is 0.105. The second-order valence-corrected chi connectivity index (χ2v) is 4.42. The van der Waals surface area contributed by atoms with Crippen molar-refractivity contribution in [2.75, 3.05) is 0 Å². The van der Waals surface area contributed by atoms with Gasteiger partial charge in [0.1, 0.15) is 11.6 Å². The molecule has 2 rings (SSSR count). The Morgan fingerprint density at radius 1 is 1.15 bits per heavy atom. The highest BCUT2D eigenvalue weighted by Crippen LogP contribution is 2.31. The van der Waals surface area contributed by atoms with Crippen LogP contribution < -0.4 is 4.74 Å². The minimum atomic E-state index is -0.717. The number of halogens is 3. The van der Waals surface area contributed by atoms with Gasteiger partial charge in [-0.25, -0.2) is 8.78 Å². The second kappa shape index (κ2) is 5.96. The molecule has 0 fully saturated rings. The third kappa shape index (κ3) is 3.11. The molecular weight excluding hydrogens is 336 g/mol. The van der Waals surface area contributed by atoms with Crippen LogP contribution in [-0.2, 0) is 5.33 Å². The molecule has 2 aromatic carbocycles. The van der Waals surface area contributed by atoms with E-state index in [1.54, 1.807) is 0 Å². The molecule has 104 valence electrons. The molecule has 0 bridgehead atoms. The quantitative estimate of drug-likeness (QED) is 0.464. The van der Waals surface area contributed by atoms with Crippen molar-refractivity contribution in [3.63, 3.8) is 0 Å². The van der Waals surface area contributed by atoms with Gasteiger partial charge in [-0.15, -0.1) is 0 Å². The van der Waals surface area contributed by atoms with Gasteiger partial charge in [0, 0.05) is 29.1 Å². The fourth-order valence-electron chi connectivity index (χ4n) is 1.56. The summed E-state index contributed by atoms with van der Waals surface area (Å²) in [5.41, 5.74) is 0.356. The molecule has 0 unspecified atom stereocenters. The zero-order valence-electron chi connectivity index (χ0n) is 9.98. The first kappa shape index (κ1) is 14.4. The molecule has 0 saturated heterocycles. The standard InChI is InChI=1S/C13H8BrF2NO3/c14-7-8-5-10(17(18)19)2-4-12(8)20-13-6-9(15)1-3-11(13)16/h1-6H,7H2. The maximum atomic E-state index is 13.5. The van der Waals surface area contributed by atoms with Crippen LogP contribution in [0.4, 0.5) is 14.5 Å². The van der Waals surface area contributed by atoms with Gasteiger partial charge in [-0.1, -0.05) is 15.9 Å². The van der Waals surface area contributed by atoms with E-state index in [-0.39, 0.29) is 22.5 Å². The Morgan fingerprint density at radius 2 is 1.90 bits per heavy atom. The molecule has 0 amide bonds. The summed E-state index contributed by atoms with van der Waals surface area (Å²) in [5, 5.41) is 11.0. The Hall–Kier alpha value is -2.02. The average molecular weight is 344 g/mol. The summed E-state index contributed by atoms with van der Waals surface area (Å²) in [6, 6.07) is 6.72. The van der Waals surface area contributed by atoms with Crippen LogP contribution in [0.5, 0.6) is 11.5 Å². The number of nitro benzene ring substituents is 1. The van der Waals surface area contributed by atoms with Crippen molar-refractivity contribution in [2.24, 2.45) is 0 Å². The van der Waals surface area contributed by atoms with Crippen molar-refractivity contribution < 1.29 is 18.4 Å². The molecule has 0 heterocycles. The number of alkyl halides is 1. The van der Waals surface area contributed by atoms with Crippen LogP contribution in [0.15, 0.2) is 36.4 Å². The van der Waals surface area contributed by atoms with Crippen molar-refractivity contribution in [3.8, 4) is 11.5 Å². The summed E-state index contributed by atoms with van der Waals surface area (Å²) >= 11 is 3.17. The molecule has 0 atom stereocenters.